The number of hydrogen-bond donors (Lipinski definition) is 2. The Hall–Kier alpha value is -2.57. The van der Waals surface area contributed by atoms with Crippen LogP contribution in [-0.2, 0) is 16.0 Å². The molecule has 3 rings (SSSR count). The molecular formula is C20H24N4O4S. The minimum Gasteiger partial charge on any atom is -0.489 e. The van der Waals surface area contributed by atoms with Crippen LogP contribution in [0.4, 0.5) is 4.79 Å². The zero-order valence-corrected chi connectivity index (χ0v) is 17.0. The highest BCUT2D eigenvalue weighted by Crippen LogP contribution is 2.24. The fourth-order valence-corrected chi connectivity index (χ4v) is 4.26. The lowest BCUT2D eigenvalue weighted by molar-refractivity contribution is -0.130. The van der Waals surface area contributed by atoms with Crippen molar-refractivity contribution in [3.05, 3.63) is 29.8 Å². The van der Waals surface area contributed by atoms with Gasteiger partial charge in [-0.15, -0.1) is 0 Å². The molecule has 2 fully saturated rings. The third kappa shape index (κ3) is 5.71. The predicted molar refractivity (Wildman–Crippen MR) is 108 cm³/mol. The van der Waals surface area contributed by atoms with Gasteiger partial charge in [0.05, 0.1) is 17.9 Å². The number of nitrogens with one attached hydrogen (secondary N) is 2. The number of likely N-dealkylation sites (tertiary alicyclic amines) is 1. The zero-order valence-electron chi connectivity index (χ0n) is 16.2. The first-order chi connectivity index (χ1) is 14.0. The summed E-state index contributed by atoms with van der Waals surface area (Å²) in [7, 11) is 0. The monoisotopic (exact) mass is 416 g/mol. The number of ether oxygens (including phenoxy) is 1. The van der Waals surface area contributed by atoms with Gasteiger partial charge in [-0.3, -0.25) is 19.7 Å². The van der Waals surface area contributed by atoms with Crippen molar-refractivity contribution in [1.29, 1.82) is 5.26 Å². The maximum absolute atomic E-state index is 12.2. The fraction of sp³-hybridized carbons (Fsp3) is 0.500. The Kier molecular flexibility index (Phi) is 7.12. The number of thioether (sulfide) groups is 1. The Bertz CT molecular complexity index is 808. The van der Waals surface area contributed by atoms with Crippen LogP contribution < -0.4 is 15.4 Å². The van der Waals surface area contributed by atoms with E-state index >= 15 is 0 Å². The second-order valence-electron chi connectivity index (χ2n) is 7.16. The molecule has 2 heterocycles. The Morgan fingerprint density at radius 2 is 2.17 bits per heavy atom. The van der Waals surface area contributed by atoms with E-state index in [0.717, 1.165) is 30.2 Å². The maximum atomic E-state index is 12.2. The van der Waals surface area contributed by atoms with Crippen LogP contribution in [0, 0.1) is 11.3 Å². The van der Waals surface area contributed by atoms with E-state index in [1.165, 1.54) is 0 Å². The first-order valence-corrected chi connectivity index (χ1v) is 10.5. The van der Waals surface area contributed by atoms with Gasteiger partial charge in [0.2, 0.25) is 11.8 Å². The highest BCUT2D eigenvalue weighted by molar-refractivity contribution is 8.15. The fourth-order valence-electron chi connectivity index (χ4n) is 3.40. The first kappa shape index (κ1) is 21.1. The molecule has 154 valence electrons. The van der Waals surface area contributed by atoms with E-state index in [9.17, 15) is 14.4 Å². The molecule has 2 N–H and O–H groups in total. The van der Waals surface area contributed by atoms with Gasteiger partial charge in [0.1, 0.15) is 17.9 Å². The molecule has 3 amide bonds. The van der Waals surface area contributed by atoms with Gasteiger partial charge in [-0.1, -0.05) is 23.9 Å². The van der Waals surface area contributed by atoms with E-state index in [-0.39, 0.29) is 41.0 Å². The number of nitrogens with zero attached hydrogens (tertiary/aromatic N) is 2. The van der Waals surface area contributed by atoms with Crippen LogP contribution in [0.5, 0.6) is 5.75 Å². The van der Waals surface area contributed by atoms with Crippen molar-refractivity contribution < 1.29 is 19.1 Å². The number of imide groups is 1. The molecule has 0 bridgehead atoms. The molecule has 0 radical (unpaired) electrons. The second-order valence-corrected chi connectivity index (χ2v) is 8.34. The van der Waals surface area contributed by atoms with E-state index in [2.05, 4.69) is 16.7 Å². The lowest BCUT2D eigenvalue weighted by Gasteiger charge is -2.21. The van der Waals surface area contributed by atoms with Crippen LogP contribution in [0.25, 0.3) is 0 Å². The Morgan fingerprint density at radius 3 is 2.83 bits per heavy atom. The van der Waals surface area contributed by atoms with E-state index < -0.39 is 0 Å². The number of nitriles is 1. The summed E-state index contributed by atoms with van der Waals surface area (Å²) in [6.45, 7) is 3.24. The Morgan fingerprint density at radius 1 is 1.41 bits per heavy atom. The standard InChI is InChI=1S/C20H24N4O4S/c1-13(11-22-12-18(25)24-8-2-3-15(24)10-21)28-16-6-4-14(5-7-16)9-17-19(26)23-20(27)29-17/h4-7,13,15,17,22H,2-3,8-9,11-12H2,1H3,(H,23,26,27)/t13?,15-,17?/m0/s1. The number of rotatable bonds is 8. The molecule has 2 aliphatic rings. The molecule has 1 aromatic rings. The average Bonchev–Trinajstić information content (AvgIpc) is 3.29. The van der Waals surface area contributed by atoms with Crippen molar-refractivity contribution in [3.8, 4) is 11.8 Å². The van der Waals surface area contributed by atoms with Gasteiger partial charge in [0.15, 0.2) is 0 Å². The molecule has 8 nitrogen and oxygen atoms in total. The molecule has 9 heteroatoms. The smallest absolute Gasteiger partial charge is 0.286 e. The minimum absolute atomic E-state index is 0.0575. The molecule has 29 heavy (non-hydrogen) atoms. The average molecular weight is 417 g/mol. The predicted octanol–water partition coefficient (Wildman–Crippen LogP) is 1.45. The van der Waals surface area contributed by atoms with E-state index in [4.69, 9.17) is 10.00 Å². The van der Waals surface area contributed by atoms with Gasteiger partial charge in [0, 0.05) is 13.1 Å². The summed E-state index contributed by atoms with van der Waals surface area (Å²) in [6.07, 6.45) is 1.97. The normalized spacial score (nSPS) is 22.3. The van der Waals surface area contributed by atoms with Crippen molar-refractivity contribution in [2.24, 2.45) is 0 Å². The molecule has 3 atom stereocenters. The largest absolute Gasteiger partial charge is 0.489 e. The highest BCUT2D eigenvalue weighted by Gasteiger charge is 2.31. The first-order valence-electron chi connectivity index (χ1n) is 9.63. The number of carbonyl (C=O) groups is 3. The van der Waals surface area contributed by atoms with Crippen molar-refractivity contribution in [2.75, 3.05) is 19.6 Å². The summed E-state index contributed by atoms with van der Waals surface area (Å²) in [4.78, 5) is 36.7. The van der Waals surface area contributed by atoms with Crippen molar-refractivity contribution in [3.63, 3.8) is 0 Å². The van der Waals surface area contributed by atoms with Crippen LogP contribution in [0.1, 0.15) is 25.3 Å². The van der Waals surface area contributed by atoms with Crippen LogP contribution in [0.2, 0.25) is 0 Å². The van der Waals surface area contributed by atoms with Crippen LogP contribution in [0.3, 0.4) is 0 Å². The van der Waals surface area contributed by atoms with Crippen molar-refractivity contribution >= 4 is 28.8 Å². The summed E-state index contributed by atoms with van der Waals surface area (Å²) < 4.78 is 5.85. The molecular weight excluding hydrogens is 392 g/mol. The van der Waals surface area contributed by atoms with Crippen molar-refractivity contribution in [1.82, 2.24) is 15.5 Å². The lowest BCUT2D eigenvalue weighted by Crippen LogP contribution is -2.42. The molecule has 0 aliphatic carbocycles. The highest BCUT2D eigenvalue weighted by atomic mass is 32.2. The third-order valence-corrected chi connectivity index (χ3v) is 5.86. The van der Waals surface area contributed by atoms with Crippen LogP contribution in [-0.4, -0.2) is 59.0 Å². The van der Waals surface area contributed by atoms with Gasteiger partial charge in [0.25, 0.3) is 5.24 Å². The third-order valence-electron chi connectivity index (χ3n) is 4.88. The summed E-state index contributed by atoms with van der Waals surface area (Å²) >= 11 is 1.02. The molecule has 2 aliphatic heterocycles. The summed E-state index contributed by atoms with van der Waals surface area (Å²) in [6, 6.07) is 9.29. The maximum Gasteiger partial charge on any atom is 0.286 e. The van der Waals surface area contributed by atoms with E-state index in [0.29, 0.717) is 25.3 Å². The molecule has 0 aromatic heterocycles. The topological polar surface area (TPSA) is 112 Å². The number of amides is 3. The second kappa shape index (κ2) is 9.76. The SMILES string of the molecule is CC(CNCC(=O)N1CCC[C@H]1C#N)Oc1ccc(CC2SC(=O)NC2=O)cc1. The minimum atomic E-state index is -0.383. The van der Waals surface area contributed by atoms with Gasteiger partial charge in [-0.2, -0.15) is 5.26 Å². The quantitative estimate of drug-likeness (QED) is 0.660. The summed E-state index contributed by atoms with van der Waals surface area (Å²) in [5.41, 5.74) is 0.953. The number of carbonyl (C=O) groups excluding carboxylic acids is 3. The summed E-state index contributed by atoms with van der Waals surface area (Å²) in [5.74, 6) is 0.389. The zero-order chi connectivity index (χ0) is 20.8. The summed E-state index contributed by atoms with van der Waals surface area (Å²) in [5, 5.41) is 13.8. The van der Waals surface area contributed by atoms with Gasteiger partial charge >= 0.3 is 0 Å². The molecule has 1 aromatic carbocycles. The van der Waals surface area contributed by atoms with Gasteiger partial charge < -0.3 is 15.0 Å². The lowest BCUT2D eigenvalue weighted by atomic mass is 10.1. The van der Waals surface area contributed by atoms with Crippen LogP contribution in [0.15, 0.2) is 24.3 Å². The van der Waals surface area contributed by atoms with Crippen LogP contribution >= 0.6 is 11.8 Å². The Labute approximate surface area is 174 Å². The number of hydrogen-bond acceptors (Lipinski definition) is 7. The molecule has 0 spiro atoms. The molecule has 2 unspecified atom stereocenters. The molecule has 2 saturated heterocycles. The van der Waals surface area contributed by atoms with Gasteiger partial charge in [-0.05, 0) is 43.9 Å². The van der Waals surface area contributed by atoms with E-state index in [1.54, 1.807) is 4.90 Å². The van der Waals surface area contributed by atoms with E-state index in [1.807, 2.05) is 31.2 Å². The van der Waals surface area contributed by atoms with Crippen molar-refractivity contribution in [2.45, 2.75) is 43.6 Å². The molecule has 0 saturated carbocycles. The van der Waals surface area contributed by atoms with Gasteiger partial charge in [-0.25, -0.2) is 0 Å². The Balaban J connectivity index is 1.39. The number of benzene rings is 1.